The summed E-state index contributed by atoms with van der Waals surface area (Å²) in [4.78, 5) is 12.7. The number of guanidine groups is 1. The lowest BCUT2D eigenvalue weighted by Crippen LogP contribution is -2.37. The summed E-state index contributed by atoms with van der Waals surface area (Å²) in [6, 6.07) is 11.9. The monoisotopic (exact) mass is 496 g/mol. The van der Waals surface area contributed by atoms with E-state index in [2.05, 4.69) is 25.6 Å². The second-order valence-electron chi connectivity index (χ2n) is 5.69. The van der Waals surface area contributed by atoms with Gasteiger partial charge in [-0.15, -0.1) is 24.0 Å². The second kappa shape index (κ2) is 10.9. The number of hydrogen-bond acceptors (Lipinski definition) is 3. The summed E-state index contributed by atoms with van der Waals surface area (Å²) in [6.07, 6.45) is 7.96. The molecule has 0 bridgehead atoms. The third-order valence-corrected chi connectivity index (χ3v) is 4.28. The molecule has 0 radical (unpaired) electrons. The molecule has 3 aromatic rings. The minimum Gasteiger partial charge on any atom is -0.356 e. The highest BCUT2D eigenvalue weighted by atomic mass is 127. The van der Waals surface area contributed by atoms with Crippen LogP contribution in [0.15, 0.2) is 66.3 Å². The largest absolute Gasteiger partial charge is 0.356 e. The first-order valence-electron chi connectivity index (χ1n) is 8.37. The lowest BCUT2D eigenvalue weighted by atomic mass is 10.1. The van der Waals surface area contributed by atoms with Gasteiger partial charge in [-0.3, -0.25) is 9.56 Å². The number of imidazole rings is 1. The molecule has 0 aliphatic rings. The maximum atomic E-state index is 6.19. The predicted molar refractivity (Wildman–Crippen MR) is 120 cm³/mol. The van der Waals surface area contributed by atoms with E-state index < -0.39 is 0 Å². The highest BCUT2D eigenvalue weighted by Gasteiger charge is 2.03. The molecule has 2 aromatic heterocycles. The van der Waals surface area contributed by atoms with E-state index in [0.717, 1.165) is 40.9 Å². The number of rotatable bonds is 6. The topological polar surface area (TPSA) is 67.1 Å². The summed E-state index contributed by atoms with van der Waals surface area (Å²) in [5.74, 6) is 1.58. The van der Waals surface area contributed by atoms with Crippen LogP contribution in [0.3, 0.4) is 0 Å². The fraction of sp³-hybridized carbons (Fsp3) is 0.211. The van der Waals surface area contributed by atoms with Gasteiger partial charge in [0.2, 0.25) is 0 Å². The summed E-state index contributed by atoms with van der Waals surface area (Å²) in [6.45, 7) is 1.40. The molecule has 27 heavy (non-hydrogen) atoms. The van der Waals surface area contributed by atoms with Crippen molar-refractivity contribution >= 4 is 41.5 Å². The molecule has 2 N–H and O–H groups in total. The SMILES string of the molecule is CN=C(NCCc1ccccc1Cl)NCc1ccnc(-n2ccnc2)c1.I. The average molecular weight is 497 g/mol. The molecular weight excluding hydrogens is 475 g/mol. The maximum absolute atomic E-state index is 6.19. The lowest BCUT2D eigenvalue weighted by molar-refractivity contribution is 0.793. The fourth-order valence-electron chi connectivity index (χ4n) is 2.53. The molecule has 0 aliphatic carbocycles. The Morgan fingerprint density at radius 1 is 1.19 bits per heavy atom. The molecule has 0 saturated carbocycles. The zero-order valence-electron chi connectivity index (χ0n) is 15.0. The zero-order chi connectivity index (χ0) is 18.2. The van der Waals surface area contributed by atoms with Crippen molar-refractivity contribution in [3.8, 4) is 5.82 Å². The van der Waals surface area contributed by atoms with Gasteiger partial charge in [0.05, 0.1) is 0 Å². The molecule has 0 aliphatic heterocycles. The van der Waals surface area contributed by atoms with Crippen LogP contribution in [0.2, 0.25) is 5.02 Å². The maximum Gasteiger partial charge on any atom is 0.191 e. The molecule has 0 atom stereocenters. The first-order chi connectivity index (χ1) is 12.8. The van der Waals surface area contributed by atoms with Gasteiger partial charge in [0.1, 0.15) is 12.1 Å². The number of halogens is 2. The highest BCUT2D eigenvalue weighted by Crippen LogP contribution is 2.14. The third kappa shape index (κ3) is 6.21. The van der Waals surface area contributed by atoms with Crippen LogP contribution in [-0.2, 0) is 13.0 Å². The Balaban J connectivity index is 0.00000261. The van der Waals surface area contributed by atoms with Crippen LogP contribution in [0.5, 0.6) is 0 Å². The van der Waals surface area contributed by atoms with Crippen molar-refractivity contribution in [1.29, 1.82) is 0 Å². The highest BCUT2D eigenvalue weighted by molar-refractivity contribution is 14.0. The van der Waals surface area contributed by atoms with Gasteiger partial charge >= 0.3 is 0 Å². The number of aliphatic imine (C=N–C) groups is 1. The number of nitrogens with one attached hydrogen (secondary N) is 2. The van der Waals surface area contributed by atoms with E-state index in [-0.39, 0.29) is 24.0 Å². The Kier molecular flexibility index (Phi) is 8.53. The van der Waals surface area contributed by atoms with Gasteiger partial charge in [0.25, 0.3) is 0 Å². The summed E-state index contributed by atoms with van der Waals surface area (Å²) in [5.41, 5.74) is 2.23. The number of aromatic nitrogens is 3. The van der Waals surface area contributed by atoms with Crippen molar-refractivity contribution in [3.05, 3.63) is 77.5 Å². The fourth-order valence-corrected chi connectivity index (χ4v) is 2.76. The van der Waals surface area contributed by atoms with Gasteiger partial charge in [0, 0.05) is 43.8 Å². The molecule has 0 saturated heterocycles. The number of pyridine rings is 1. The first kappa shape index (κ1) is 21.2. The van der Waals surface area contributed by atoms with E-state index in [4.69, 9.17) is 11.6 Å². The van der Waals surface area contributed by atoms with Crippen LogP contribution in [0, 0.1) is 0 Å². The molecule has 2 heterocycles. The van der Waals surface area contributed by atoms with Crippen molar-refractivity contribution in [2.24, 2.45) is 4.99 Å². The van der Waals surface area contributed by atoms with Crippen LogP contribution in [-0.4, -0.2) is 34.1 Å². The van der Waals surface area contributed by atoms with Crippen molar-refractivity contribution in [1.82, 2.24) is 25.2 Å². The quantitative estimate of drug-likeness (QED) is 0.312. The number of benzene rings is 1. The van der Waals surface area contributed by atoms with Gasteiger partial charge < -0.3 is 10.6 Å². The molecule has 0 fully saturated rings. The van der Waals surface area contributed by atoms with Crippen LogP contribution in [0.4, 0.5) is 0 Å². The molecule has 0 unspecified atom stereocenters. The van der Waals surface area contributed by atoms with Crippen LogP contribution in [0.25, 0.3) is 5.82 Å². The summed E-state index contributed by atoms with van der Waals surface area (Å²) in [5, 5.41) is 7.41. The predicted octanol–water partition coefficient (Wildman–Crippen LogP) is 3.45. The third-order valence-electron chi connectivity index (χ3n) is 3.91. The van der Waals surface area contributed by atoms with Gasteiger partial charge in [-0.1, -0.05) is 29.8 Å². The Morgan fingerprint density at radius 2 is 2.04 bits per heavy atom. The molecule has 1 aromatic carbocycles. The average Bonchev–Trinajstić information content (AvgIpc) is 3.21. The first-order valence-corrected chi connectivity index (χ1v) is 8.75. The number of nitrogens with zero attached hydrogens (tertiary/aromatic N) is 4. The van der Waals surface area contributed by atoms with Crippen LogP contribution >= 0.6 is 35.6 Å². The van der Waals surface area contributed by atoms with E-state index in [9.17, 15) is 0 Å². The minimum absolute atomic E-state index is 0. The Morgan fingerprint density at radius 3 is 2.78 bits per heavy atom. The van der Waals surface area contributed by atoms with E-state index in [0.29, 0.717) is 6.54 Å². The molecule has 8 heteroatoms. The molecule has 0 spiro atoms. The molecule has 6 nitrogen and oxygen atoms in total. The zero-order valence-corrected chi connectivity index (χ0v) is 18.1. The Bertz CT molecular complexity index is 866. The Hall–Kier alpha value is -2.13. The molecule has 0 amide bonds. The standard InChI is InChI=1S/C19H21ClN6.HI/c1-21-19(24-9-7-16-4-2-3-5-17(16)20)25-13-15-6-8-23-18(12-15)26-11-10-22-14-26;/h2-6,8,10-12,14H,7,9,13H2,1H3,(H2,21,24,25);1H. The smallest absolute Gasteiger partial charge is 0.191 e. The minimum atomic E-state index is 0. The normalized spacial score (nSPS) is 11.0. The van der Waals surface area contributed by atoms with Gasteiger partial charge in [0.15, 0.2) is 5.96 Å². The molecule has 3 rings (SSSR count). The molecular formula is C19H22ClIN6. The van der Waals surface area contributed by atoms with Crippen molar-refractivity contribution in [2.45, 2.75) is 13.0 Å². The summed E-state index contributed by atoms with van der Waals surface area (Å²) < 4.78 is 1.88. The summed E-state index contributed by atoms with van der Waals surface area (Å²) >= 11 is 6.19. The van der Waals surface area contributed by atoms with Gasteiger partial charge in [-0.2, -0.15) is 0 Å². The van der Waals surface area contributed by atoms with Crippen LogP contribution < -0.4 is 10.6 Å². The van der Waals surface area contributed by atoms with Crippen molar-refractivity contribution < 1.29 is 0 Å². The van der Waals surface area contributed by atoms with Crippen molar-refractivity contribution in [2.75, 3.05) is 13.6 Å². The van der Waals surface area contributed by atoms with Gasteiger partial charge in [-0.05, 0) is 35.7 Å². The van der Waals surface area contributed by atoms with E-state index >= 15 is 0 Å². The van der Waals surface area contributed by atoms with E-state index in [1.807, 2.05) is 47.2 Å². The number of hydrogen-bond donors (Lipinski definition) is 2. The van der Waals surface area contributed by atoms with E-state index in [1.54, 1.807) is 25.8 Å². The molecule has 142 valence electrons. The second-order valence-corrected chi connectivity index (χ2v) is 6.09. The van der Waals surface area contributed by atoms with Crippen LogP contribution in [0.1, 0.15) is 11.1 Å². The summed E-state index contributed by atoms with van der Waals surface area (Å²) in [7, 11) is 1.76. The van der Waals surface area contributed by atoms with Gasteiger partial charge in [-0.25, -0.2) is 9.97 Å². The Labute approximate surface area is 181 Å². The van der Waals surface area contributed by atoms with Crippen molar-refractivity contribution in [3.63, 3.8) is 0 Å². The van der Waals surface area contributed by atoms with E-state index in [1.165, 1.54) is 0 Å². The lowest BCUT2D eigenvalue weighted by Gasteiger charge is -2.13.